The third-order valence-corrected chi connectivity index (χ3v) is 6.11. The number of rotatable bonds is 6. The van der Waals surface area contributed by atoms with Crippen molar-refractivity contribution < 1.29 is 23.5 Å². The summed E-state index contributed by atoms with van der Waals surface area (Å²) in [5, 5.41) is 2.81. The van der Waals surface area contributed by atoms with Gasteiger partial charge in [0.25, 0.3) is 0 Å². The van der Waals surface area contributed by atoms with E-state index in [1.165, 1.54) is 12.1 Å². The molecule has 0 unspecified atom stereocenters. The minimum Gasteiger partial charge on any atom is -0.467 e. The number of fused-ring (bicyclic) bond motifs is 2. The summed E-state index contributed by atoms with van der Waals surface area (Å²) in [5.41, 5.74) is 2.29. The van der Waals surface area contributed by atoms with Crippen molar-refractivity contribution in [2.75, 3.05) is 30.5 Å². The summed E-state index contributed by atoms with van der Waals surface area (Å²) in [4.78, 5) is 27.7. The molecule has 0 radical (unpaired) electrons. The second-order valence-corrected chi connectivity index (χ2v) is 8.26. The smallest absolute Gasteiger partial charge is 0.227 e. The molecular formula is C22H23FN2O4S. The van der Waals surface area contributed by atoms with Crippen LogP contribution in [0.1, 0.15) is 24.0 Å². The van der Waals surface area contributed by atoms with Gasteiger partial charge in [-0.15, -0.1) is 11.8 Å². The van der Waals surface area contributed by atoms with E-state index in [4.69, 9.17) is 9.47 Å². The number of hydrogen-bond acceptors (Lipinski definition) is 5. The minimum atomic E-state index is -0.352. The highest BCUT2D eigenvalue weighted by Crippen LogP contribution is 2.34. The topological polar surface area (TPSA) is 67.9 Å². The maximum Gasteiger partial charge on any atom is 0.227 e. The summed E-state index contributed by atoms with van der Waals surface area (Å²) in [6.45, 7) is 1.44. The normalized spacial score (nSPS) is 15.0. The fourth-order valence-electron chi connectivity index (χ4n) is 3.65. The Morgan fingerprint density at radius 3 is 2.97 bits per heavy atom. The number of hydrogen-bond donors (Lipinski definition) is 1. The SMILES string of the molecule is O=C(CCC(=O)N1CCSc2ccccc21)NCCc1cc(F)cc2c1OCOC2. The van der Waals surface area contributed by atoms with E-state index in [-0.39, 0.29) is 37.3 Å². The van der Waals surface area contributed by atoms with Crippen molar-refractivity contribution in [3.05, 3.63) is 53.3 Å². The largest absolute Gasteiger partial charge is 0.467 e. The van der Waals surface area contributed by atoms with Gasteiger partial charge >= 0.3 is 0 Å². The number of nitrogens with zero attached hydrogens (tertiary/aromatic N) is 1. The zero-order valence-electron chi connectivity index (χ0n) is 16.5. The Morgan fingerprint density at radius 2 is 2.07 bits per heavy atom. The molecule has 0 aromatic heterocycles. The number of anilines is 1. The molecule has 0 aliphatic carbocycles. The minimum absolute atomic E-state index is 0.0505. The number of carbonyl (C=O) groups is 2. The van der Waals surface area contributed by atoms with E-state index < -0.39 is 0 Å². The maximum atomic E-state index is 13.8. The molecule has 0 bridgehead atoms. The van der Waals surface area contributed by atoms with Crippen LogP contribution in [0.2, 0.25) is 0 Å². The first-order chi connectivity index (χ1) is 14.6. The summed E-state index contributed by atoms with van der Waals surface area (Å²) in [6, 6.07) is 10.6. The molecule has 2 amide bonds. The second kappa shape index (κ2) is 9.49. The van der Waals surface area contributed by atoms with Gasteiger partial charge in [0, 0.05) is 42.1 Å². The van der Waals surface area contributed by atoms with E-state index in [0.29, 0.717) is 43.0 Å². The molecule has 30 heavy (non-hydrogen) atoms. The molecule has 0 fully saturated rings. The van der Waals surface area contributed by atoms with Crippen LogP contribution < -0.4 is 15.0 Å². The van der Waals surface area contributed by atoms with Gasteiger partial charge in [0.05, 0.1) is 12.3 Å². The molecule has 8 heteroatoms. The van der Waals surface area contributed by atoms with Crippen molar-refractivity contribution >= 4 is 29.3 Å². The lowest BCUT2D eigenvalue weighted by atomic mass is 10.1. The van der Waals surface area contributed by atoms with Gasteiger partial charge in [-0.2, -0.15) is 0 Å². The Kier molecular flexibility index (Phi) is 6.54. The molecule has 4 rings (SSSR count). The van der Waals surface area contributed by atoms with Crippen molar-refractivity contribution in [1.29, 1.82) is 0 Å². The molecule has 1 N–H and O–H groups in total. The van der Waals surface area contributed by atoms with Crippen molar-refractivity contribution in [3.8, 4) is 5.75 Å². The molecular weight excluding hydrogens is 407 g/mol. The van der Waals surface area contributed by atoms with E-state index in [0.717, 1.165) is 16.3 Å². The summed E-state index contributed by atoms with van der Waals surface area (Å²) in [7, 11) is 0. The highest BCUT2D eigenvalue weighted by Gasteiger charge is 2.23. The predicted molar refractivity (Wildman–Crippen MR) is 112 cm³/mol. The van der Waals surface area contributed by atoms with E-state index in [2.05, 4.69) is 5.32 Å². The third-order valence-electron chi connectivity index (χ3n) is 5.06. The van der Waals surface area contributed by atoms with Gasteiger partial charge in [0.1, 0.15) is 11.6 Å². The highest BCUT2D eigenvalue weighted by molar-refractivity contribution is 7.99. The van der Waals surface area contributed by atoms with Gasteiger partial charge in [-0.25, -0.2) is 4.39 Å². The summed E-state index contributed by atoms with van der Waals surface area (Å²) >= 11 is 1.74. The van der Waals surface area contributed by atoms with Crippen molar-refractivity contribution in [1.82, 2.24) is 5.32 Å². The van der Waals surface area contributed by atoms with Crippen LogP contribution in [0.25, 0.3) is 0 Å². The van der Waals surface area contributed by atoms with Gasteiger partial charge in [-0.1, -0.05) is 12.1 Å². The van der Waals surface area contributed by atoms with Gasteiger partial charge in [0.15, 0.2) is 6.79 Å². The van der Waals surface area contributed by atoms with Crippen LogP contribution in [0.15, 0.2) is 41.3 Å². The fraction of sp³-hybridized carbons (Fsp3) is 0.364. The predicted octanol–water partition coefficient (Wildman–Crippen LogP) is 3.27. The molecule has 158 valence electrons. The maximum absolute atomic E-state index is 13.8. The number of ether oxygens (including phenoxy) is 2. The number of carbonyl (C=O) groups excluding carboxylic acids is 2. The lowest BCUT2D eigenvalue weighted by Gasteiger charge is -2.29. The number of benzene rings is 2. The Bertz CT molecular complexity index is 953. The molecule has 2 aliphatic heterocycles. The van der Waals surface area contributed by atoms with E-state index in [1.807, 2.05) is 24.3 Å². The number of nitrogens with one attached hydrogen (secondary N) is 1. The molecule has 2 aromatic carbocycles. The summed E-state index contributed by atoms with van der Waals surface area (Å²) in [6.07, 6.45) is 0.716. The van der Waals surface area contributed by atoms with Crippen LogP contribution in [0.4, 0.5) is 10.1 Å². The monoisotopic (exact) mass is 430 g/mol. The Labute approximate surface area is 178 Å². The summed E-state index contributed by atoms with van der Waals surface area (Å²) < 4.78 is 24.5. The van der Waals surface area contributed by atoms with Crippen LogP contribution in [-0.4, -0.2) is 37.4 Å². The first kappa shape index (κ1) is 20.7. The number of thioether (sulfide) groups is 1. The number of amides is 2. The van der Waals surface area contributed by atoms with E-state index in [1.54, 1.807) is 16.7 Å². The molecule has 0 spiro atoms. The lowest BCUT2D eigenvalue weighted by molar-refractivity contribution is -0.125. The molecule has 6 nitrogen and oxygen atoms in total. The number of para-hydroxylation sites is 1. The Balaban J connectivity index is 1.26. The molecule has 0 saturated carbocycles. The van der Waals surface area contributed by atoms with Gasteiger partial charge in [-0.3, -0.25) is 9.59 Å². The zero-order chi connectivity index (χ0) is 20.9. The van der Waals surface area contributed by atoms with Crippen molar-refractivity contribution in [2.24, 2.45) is 0 Å². The van der Waals surface area contributed by atoms with Crippen LogP contribution in [0, 0.1) is 5.82 Å². The third kappa shape index (κ3) is 4.76. The first-order valence-corrected chi connectivity index (χ1v) is 10.9. The molecule has 0 atom stereocenters. The molecule has 2 aliphatic rings. The van der Waals surface area contributed by atoms with Crippen LogP contribution >= 0.6 is 11.8 Å². The fourth-order valence-corrected chi connectivity index (χ4v) is 4.65. The number of halogens is 1. The van der Waals surface area contributed by atoms with Gasteiger partial charge < -0.3 is 19.7 Å². The Hall–Kier alpha value is -2.58. The van der Waals surface area contributed by atoms with Crippen LogP contribution in [0.3, 0.4) is 0 Å². The Morgan fingerprint density at radius 1 is 1.20 bits per heavy atom. The first-order valence-electron chi connectivity index (χ1n) is 9.92. The zero-order valence-corrected chi connectivity index (χ0v) is 17.3. The molecule has 0 saturated heterocycles. The average molecular weight is 431 g/mol. The van der Waals surface area contributed by atoms with Crippen LogP contribution in [-0.2, 0) is 27.4 Å². The molecule has 2 heterocycles. The summed E-state index contributed by atoms with van der Waals surface area (Å²) in [5.74, 6) is 0.881. The van der Waals surface area contributed by atoms with Gasteiger partial charge in [-0.05, 0) is 36.2 Å². The standard InChI is InChI=1S/C22H23FN2O4S/c23-17-11-15(22-16(12-17)13-28-14-29-22)7-8-24-20(26)5-6-21(27)25-9-10-30-19-4-2-1-3-18(19)25/h1-4,11-12H,5-10,13-14H2,(H,24,26). The highest BCUT2D eigenvalue weighted by atomic mass is 32.2. The van der Waals surface area contributed by atoms with Gasteiger partial charge in [0.2, 0.25) is 11.8 Å². The van der Waals surface area contributed by atoms with Crippen molar-refractivity contribution in [3.63, 3.8) is 0 Å². The van der Waals surface area contributed by atoms with Crippen LogP contribution in [0.5, 0.6) is 5.75 Å². The van der Waals surface area contributed by atoms with E-state index in [9.17, 15) is 14.0 Å². The lowest BCUT2D eigenvalue weighted by Crippen LogP contribution is -2.36. The average Bonchev–Trinajstić information content (AvgIpc) is 2.77. The molecule has 2 aromatic rings. The quantitative estimate of drug-likeness (QED) is 0.762. The second-order valence-electron chi connectivity index (χ2n) is 7.13. The van der Waals surface area contributed by atoms with E-state index >= 15 is 0 Å². The van der Waals surface area contributed by atoms with Crippen molar-refractivity contribution in [2.45, 2.75) is 30.8 Å².